The molecule has 0 bridgehead atoms. The molecule has 3 aromatic rings. The molecule has 5 rings (SSSR count). The first-order valence-electron chi connectivity index (χ1n) is 10.1. The Bertz CT molecular complexity index is 1050. The lowest BCUT2D eigenvalue weighted by atomic mass is 10.0. The van der Waals surface area contributed by atoms with Crippen LogP contribution in [0.2, 0.25) is 0 Å². The third kappa shape index (κ3) is 3.49. The first-order valence-corrected chi connectivity index (χ1v) is 10.1. The lowest BCUT2D eigenvalue weighted by molar-refractivity contribution is 0.0689. The number of hydrogen-bond donors (Lipinski definition) is 0. The fourth-order valence-electron chi connectivity index (χ4n) is 3.78. The fraction of sp³-hybridized carbons (Fsp3) is 0.450. The van der Waals surface area contributed by atoms with Crippen LogP contribution >= 0.6 is 0 Å². The molecule has 1 saturated heterocycles. The highest BCUT2D eigenvalue weighted by atomic mass is 16.7. The van der Waals surface area contributed by atoms with Crippen molar-refractivity contribution < 1.29 is 18.8 Å². The maximum atomic E-state index is 12.9. The van der Waals surface area contributed by atoms with Crippen molar-refractivity contribution in [2.24, 2.45) is 0 Å². The second-order valence-corrected chi connectivity index (χ2v) is 7.44. The Balaban J connectivity index is 1.22. The van der Waals surface area contributed by atoms with Crippen molar-refractivity contribution in [3.63, 3.8) is 0 Å². The van der Waals surface area contributed by atoms with Gasteiger partial charge in [-0.2, -0.15) is 4.98 Å². The zero-order valence-electron chi connectivity index (χ0n) is 16.7. The predicted octanol–water partition coefficient (Wildman–Crippen LogP) is 2.49. The Labute approximate surface area is 172 Å². The Morgan fingerprint density at radius 2 is 2.03 bits per heavy atom. The van der Waals surface area contributed by atoms with Crippen molar-refractivity contribution in [1.29, 1.82) is 0 Å². The van der Waals surface area contributed by atoms with Crippen LogP contribution in [0, 0.1) is 0 Å². The highest BCUT2D eigenvalue weighted by Gasteiger charge is 2.27. The summed E-state index contributed by atoms with van der Waals surface area (Å²) in [7, 11) is 0. The van der Waals surface area contributed by atoms with Crippen LogP contribution in [0.1, 0.15) is 48.4 Å². The summed E-state index contributed by atoms with van der Waals surface area (Å²) in [4.78, 5) is 19.1. The van der Waals surface area contributed by atoms with Gasteiger partial charge in [0.1, 0.15) is 0 Å². The van der Waals surface area contributed by atoms with Crippen LogP contribution in [0.25, 0.3) is 11.6 Å². The van der Waals surface area contributed by atoms with E-state index in [1.807, 2.05) is 15.8 Å². The third-order valence-corrected chi connectivity index (χ3v) is 5.42. The van der Waals surface area contributed by atoms with Gasteiger partial charge in [0.25, 0.3) is 11.8 Å². The zero-order chi connectivity index (χ0) is 20.5. The number of carbonyl (C=O) groups is 1. The molecule has 0 N–H and O–H groups in total. The number of carbonyl (C=O) groups excluding carboxylic acids is 1. The van der Waals surface area contributed by atoms with Gasteiger partial charge >= 0.3 is 0 Å². The first kappa shape index (κ1) is 18.6. The molecule has 0 spiro atoms. The second-order valence-electron chi connectivity index (χ2n) is 7.44. The lowest BCUT2D eigenvalue weighted by Crippen LogP contribution is -2.39. The number of aromatic nitrogens is 5. The Kier molecular flexibility index (Phi) is 4.82. The number of fused-ring (bicyclic) bond motifs is 1. The molecular weight excluding hydrogens is 388 g/mol. The Morgan fingerprint density at radius 1 is 1.20 bits per heavy atom. The van der Waals surface area contributed by atoms with Crippen molar-refractivity contribution in [2.45, 2.75) is 38.6 Å². The van der Waals surface area contributed by atoms with Gasteiger partial charge in [0.05, 0.1) is 12.2 Å². The molecule has 156 valence electrons. The summed E-state index contributed by atoms with van der Waals surface area (Å²) < 4.78 is 17.8. The standard InChI is InChI=1S/C20H22N6O4/c1-2-3-18-21-19(30-23-18)15-11-26(24-22-15)14-6-8-25(9-7-14)20(27)13-4-5-16-17(10-13)29-12-28-16/h4-5,10-11,14H,2-3,6-9,12H2,1H3. The van der Waals surface area contributed by atoms with Crippen molar-refractivity contribution in [3.8, 4) is 23.1 Å². The van der Waals surface area contributed by atoms with Crippen LogP contribution in [0.3, 0.4) is 0 Å². The Morgan fingerprint density at radius 3 is 2.87 bits per heavy atom. The minimum atomic E-state index is 0.000317. The van der Waals surface area contributed by atoms with E-state index in [2.05, 4.69) is 27.4 Å². The number of aryl methyl sites for hydroxylation is 1. The van der Waals surface area contributed by atoms with Crippen LogP contribution in [0.5, 0.6) is 11.5 Å². The third-order valence-electron chi connectivity index (χ3n) is 5.42. The molecule has 10 nitrogen and oxygen atoms in total. The molecule has 0 aliphatic carbocycles. The van der Waals surface area contributed by atoms with E-state index in [0.29, 0.717) is 47.6 Å². The minimum absolute atomic E-state index is 0.000317. The molecule has 2 aliphatic rings. The highest BCUT2D eigenvalue weighted by molar-refractivity contribution is 5.95. The summed E-state index contributed by atoms with van der Waals surface area (Å²) in [5.41, 5.74) is 1.18. The van der Waals surface area contributed by atoms with E-state index in [0.717, 1.165) is 25.7 Å². The molecule has 0 atom stereocenters. The normalized spacial score (nSPS) is 16.2. The van der Waals surface area contributed by atoms with Crippen LogP contribution < -0.4 is 9.47 Å². The van der Waals surface area contributed by atoms with Gasteiger partial charge < -0.3 is 18.9 Å². The maximum absolute atomic E-state index is 12.9. The SMILES string of the molecule is CCCc1noc(-c2cn(C3CCN(C(=O)c4ccc5c(c4)OCO5)CC3)nn2)n1. The van der Waals surface area contributed by atoms with E-state index >= 15 is 0 Å². The number of rotatable bonds is 5. The van der Waals surface area contributed by atoms with Crippen molar-refractivity contribution in [3.05, 3.63) is 35.8 Å². The molecule has 2 aliphatic heterocycles. The molecule has 0 unspecified atom stereocenters. The summed E-state index contributed by atoms with van der Waals surface area (Å²) in [6.07, 6.45) is 5.15. The van der Waals surface area contributed by atoms with Gasteiger partial charge in [-0.15, -0.1) is 5.10 Å². The summed E-state index contributed by atoms with van der Waals surface area (Å²) in [6, 6.07) is 5.48. The second kappa shape index (κ2) is 7.77. The molecule has 1 aromatic carbocycles. The summed E-state index contributed by atoms with van der Waals surface area (Å²) in [6.45, 7) is 3.56. The number of benzene rings is 1. The van der Waals surface area contributed by atoms with Gasteiger partial charge in [0, 0.05) is 25.1 Å². The van der Waals surface area contributed by atoms with Crippen molar-refractivity contribution in [1.82, 2.24) is 30.0 Å². The van der Waals surface area contributed by atoms with E-state index in [1.54, 1.807) is 18.2 Å². The summed E-state index contributed by atoms with van der Waals surface area (Å²) >= 11 is 0. The van der Waals surface area contributed by atoms with Crippen molar-refractivity contribution in [2.75, 3.05) is 19.9 Å². The quantitative estimate of drug-likeness (QED) is 0.631. The molecule has 2 aromatic heterocycles. The number of ether oxygens (including phenoxy) is 2. The van der Waals surface area contributed by atoms with E-state index < -0.39 is 0 Å². The molecule has 1 fully saturated rings. The molecular formula is C20H22N6O4. The van der Waals surface area contributed by atoms with E-state index in [4.69, 9.17) is 14.0 Å². The number of piperidine rings is 1. The average Bonchev–Trinajstić information content (AvgIpc) is 3.53. The van der Waals surface area contributed by atoms with Gasteiger partial charge in [0.15, 0.2) is 23.0 Å². The van der Waals surface area contributed by atoms with Gasteiger partial charge in [0.2, 0.25) is 6.79 Å². The molecule has 4 heterocycles. The fourth-order valence-corrected chi connectivity index (χ4v) is 3.78. The number of likely N-dealkylation sites (tertiary alicyclic amines) is 1. The maximum Gasteiger partial charge on any atom is 0.280 e. The number of nitrogens with zero attached hydrogens (tertiary/aromatic N) is 6. The van der Waals surface area contributed by atoms with E-state index in [9.17, 15) is 4.79 Å². The monoisotopic (exact) mass is 410 g/mol. The van der Waals surface area contributed by atoms with E-state index in [-0.39, 0.29) is 18.7 Å². The van der Waals surface area contributed by atoms with Crippen LogP contribution in [0.15, 0.2) is 28.9 Å². The highest BCUT2D eigenvalue weighted by Crippen LogP contribution is 2.33. The van der Waals surface area contributed by atoms with E-state index in [1.165, 1.54) is 0 Å². The number of amides is 1. The first-order chi connectivity index (χ1) is 14.7. The smallest absolute Gasteiger partial charge is 0.280 e. The lowest BCUT2D eigenvalue weighted by Gasteiger charge is -2.31. The van der Waals surface area contributed by atoms with Crippen LogP contribution in [0.4, 0.5) is 0 Å². The summed E-state index contributed by atoms with van der Waals surface area (Å²) in [5.74, 6) is 2.36. The largest absolute Gasteiger partial charge is 0.454 e. The van der Waals surface area contributed by atoms with Gasteiger partial charge in [-0.1, -0.05) is 17.3 Å². The zero-order valence-corrected chi connectivity index (χ0v) is 16.7. The Hall–Kier alpha value is -3.43. The van der Waals surface area contributed by atoms with Crippen LogP contribution in [-0.4, -0.2) is 55.8 Å². The molecule has 10 heteroatoms. The number of hydrogen-bond acceptors (Lipinski definition) is 8. The topological polar surface area (TPSA) is 108 Å². The van der Waals surface area contributed by atoms with Gasteiger partial charge in [-0.05, 0) is 37.5 Å². The van der Waals surface area contributed by atoms with Gasteiger partial charge in [-0.25, -0.2) is 4.68 Å². The average molecular weight is 410 g/mol. The van der Waals surface area contributed by atoms with Crippen LogP contribution in [-0.2, 0) is 6.42 Å². The molecule has 0 radical (unpaired) electrons. The summed E-state index contributed by atoms with van der Waals surface area (Å²) in [5, 5.41) is 12.4. The van der Waals surface area contributed by atoms with Crippen molar-refractivity contribution >= 4 is 5.91 Å². The predicted molar refractivity (Wildman–Crippen MR) is 104 cm³/mol. The molecule has 0 saturated carbocycles. The molecule has 1 amide bonds. The minimum Gasteiger partial charge on any atom is -0.454 e. The van der Waals surface area contributed by atoms with Gasteiger partial charge in [-0.3, -0.25) is 4.79 Å². The molecule has 30 heavy (non-hydrogen) atoms.